The Hall–Kier alpha value is -2.98. The second-order valence-corrected chi connectivity index (χ2v) is 8.76. The van der Waals surface area contributed by atoms with E-state index in [0.29, 0.717) is 27.1 Å². The molecule has 3 aromatic rings. The van der Waals surface area contributed by atoms with Gasteiger partial charge in [-0.15, -0.1) is 0 Å². The first kappa shape index (κ1) is 24.7. The maximum atomic E-state index is 12.5. The van der Waals surface area contributed by atoms with Crippen LogP contribution in [0.15, 0.2) is 56.5 Å². The van der Waals surface area contributed by atoms with Gasteiger partial charge in [-0.3, -0.25) is 9.48 Å². The number of nitrogens with one attached hydrogen (secondary N) is 1. The number of aromatic nitrogens is 2. The number of halogens is 2. The molecule has 1 amide bonds. The molecule has 0 bridgehead atoms. The molecule has 0 unspecified atom stereocenters. The number of hydrogen-bond acceptors (Lipinski definition) is 6. The van der Waals surface area contributed by atoms with E-state index in [4.69, 9.17) is 9.47 Å². The number of benzene rings is 2. The molecule has 0 fully saturated rings. The minimum atomic E-state index is -0.512. The third-order valence-electron chi connectivity index (χ3n) is 4.81. The molecule has 0 saturated heterocycles. The highest BCUT2D eigenvalue weighted by Gasteiger charge is 2.16. The molecule has 0 atom stereocenters. The third-order valence-corrected chi connectivity index (χ3v) is 6.65. The molecule has 0 aliphatic heterocycles. The SMILES string of the molecule is COc1cc(C(C)=NNC(=O)Cn2nc(C)c(Br)c2C)ccc1OC(=O)c1ccccc1Br. The second kappa shape index (κ2) is 10.8. The maximum absolute atomic E-state index is 12.5. The molecule has 0 spiro atoms. The summed E-state index contributed by atoms with van der Waals surface area (Å²) in [5, 5.41) is 8.49. The van der Waals surface area contributed by atoms with Crippen molar-refractivity contribution in [1.29, 1.82) is 0 Å². The highest BCUT2D eigenvalue weighted by molar-refractivity contribution is 9.10. The fourth-order valence-electron chi connectivity index (χ4n) is 2.97. The van der Waals surface area contributed by atoms with Crippen LogP contribution in [0.1, 0.15) is 34.2 Å². The average Bonchev–Trinajstić information content (AvgIpc) is 3.04. The van der Waals surface area contributed by atoms with E-state index in [9.17, 15) is 9.59 Å². The summed E-state index contributed by atoms with van der Waals surface area (Å²) in [6.45, 7) is 5.54. The average molecular weight is 578 g/mol. The molecular formula is C23H22Br2N4O4. The number of carbonyl (C=O) groups is 2. The third kappa shape index (κ3) is 5.88. The number of hydrogen-bond donors (Lipinski definition) is 1. The molecule has 10 heteroatoms. The van der Waals surface area contributed by atoms with Crippen LogP contribution in [0, 0.1) is 13.8 Å². The van der Waals surface area contributed by atoms with E-state index in [1.807, 2.05) is 19.9 Å². The van der Waals surface area contributed by atoms with Crippen LogP contribution in [0.5, 0.6) is 11.5 Å². The summed E-state index contributed by atoms with van der Waals surface area (Å²) in [4.78, 5) is 24.8. The topological polar surface area (TPSA) is 94.8 Å². The number of nitrogens with zero attached hydrogens (tertiary/aromatic N) is 3. The Kier molecular flexibility index (Phi) is 8.04. The fourth-order valence-corrected chi connectivity index (χ4v) is 3.70. The molecular weight excluding hydrogens is 556 g/mol. The monoisotopic (exact) mass is 576 g/mol. The molecule has 0 saturated carbocycles. The number of methoxy groups -OCH3 is 1. The number of amides is 1. The molecule has 172 valence electrons. The summed E-state index contributed by atoms with van der Waals surface area (Å²) >= 11 is 6.79. The summed E-state index contributed by atoms with van der Waals surface area (Å²) in [5.74, 6) is -0.185. The van der Waals surface area contributed by atoms with Crippen LogP contribution in [0.2, 0.25) is 0 Å². The Bertz CT molecular complexity index is 1240. The summed E-state index contributed by atoms with van der Waals surface area (Å²) < 4.78 is 14.0. The van der Waals surface area contributed by atoms with Crippen LogP contribution < -0.4 is 14.9 Å². The van der Waals surface area contributed by atoms with Gasteiger partial charge in [0.1, 0.15) is 6.54 Å². The van der Waals surface area contributed by atoms with Crippen molar-refractivity contribution < 1.29 is 19.1 Å². The van der Waals surface area contributed by atoms with Crippen molar-refractivity contribution in [3.8, 4) is 11.5 Å². The van der Waals surface area contributed by atoms with Crippen molar-refractivity contribution in [2.45, 2.75) is 27.3 Å². The predicted octanol–water partition coefficient (Wildman–Crippen LogP) is 4.79. The number of rotatable bonds is 7. The minimum Gasteiger partial charge on any atom is -0.493 e. The molecule has 0 aliphatic rings. The normalized spacial score (nSPS) is 11.3. The number of aryl methyl sites for hydroxylation is 1. The number of ether oxygens (including phenoxy) is 2. The van der Waals surface area contributed by atoms with Gasteiger partial charge in [0.15, 0.2) is 11.5 Å². The lowest BCUT2D eigenvalue weighted by Gasteiger charge is -2.12. The Balaban J connectivity index is 1.70. The van der Waals surface area contributed by atoms with Gasteiger partial charge in [-0.05, 0) is 83.0 Å². The van der Waals surface area contributed by atoms with E-state index in [-0.39, 0.29) is 18.2 Å². The Morgan fingerprint density at radius 2 is 1.85 bits per heavy atom. The number of carbonyl (C=O) groups excluding carboxylic acids is 2. The van der Waals surface area contributed by atoms with Gasteiger partial charge in [0.25, 0.3) is 5.91 Å². The van der Waals surface area contributed by atoms with Crippen LogP contribution >= 0.6 is 31.9 Å². The molecule has 3 rings (SSSR count). The highest BCUT2D eigenvalue weighted by atomic mass is 79.9. The maximum Gasteiger partial charge on any atom is 0.344 e. The number of hydrazone groups is 1. The standard InChI is InChI=1S/C23H22Br2N4O4/c1-13(26-27-21(30)12-29-15(3)22(25)14(2)28-29)16-9-10-19(20(11-16)32-4)33-23(31)17-7-5-6-8-18(17)24/h5-11H,12H2,1-4H3,(H,27,30). The van der Waals surface area contributed by atoms with E-state index >= 15 is 0 Å². The van der Waals surface area contributed by atoms with E-state index in [2.05, 4.69) is 47.5 Å². The molecule has 33 heavy (non-hydrogen) atoms. The van der Waals surface area contributed by atoms with Crippen molar-refractivity contribution in [2.75, 3.05) is 7.11 Å². The molecule has 0 radical (unpaired) electrons. The van der Waals surface area contributed by atoms with Crippen molar-refractivity contribution in [3.05, 3.63) is 73.9 Å². The number of esters is 1. The van der Waals surface area contributed by atoms with Crippen LogP contribution in [0.4, 0.5) is 0 Å². The predicted molar refractivity (Wildman–Crippen MR) is 132 cm³/mol. The Morgan fingerprint density at radius 3 is 2.48 bits per heavy atom. The fraction of sp³-hybridized carbons (Fsp3) is 0.217. The summed E-state index contributed by atoms with van der Waals surface area (Å²) in [6, 6.07) is 12.0. The first-order valence-electron chi connectivity index (χ1n) is 9.89. The summed E-state index contributed by atoms with van der Waals surface area (Å²) in [6.07, 6.45) is 0. The van der Waals surface area contributed by atoms with Gasteiger partial charge in [-0.25, -0.2) is 10.2 Å². The first-order valence-corrected chi connectivity index (χ1v) is 11.5. The zero-order chi connectivity index (χ0) is 24.1. The van der Waals surface area contributed by atoms with E-state index in [0.717, 1.165) is 15.9 Å². The van der Waals surface area contributed by atoms with Gasteiger partial charge in [0.2, 0.25) is 0 Å². The van der Waals surface area contributed by atoms with Crippen molar-refractivity contribution >= 4 is 49.4 Å². The second-order valence-electron chi connectivity index (χ2n) is 7.11. The first-order chi connectivity index (χ1) is 15.7. The van der Waals surface area contributed by atoms with Crippen molar-refractivity contribution in [2.24, 2.45) is 5.10 Å². The summed E-state index contributed by atoms with van der Waals surface area (Å²) in [7, 11) is 1.48. The highest BCUT2D eigenvalue weighted by Crippen LogP contribution is 2.30. The van der Waals surface area contributed by atoms with Gasteiger partial charge in [0, 0.05) is 10.0 Å². The van der Waals surface area contributed by atoms with Gasteiger partial charge in [0.05, 0.1) is 34.2 Å². The minimum absolute atomic E-state index is 0.0440. The van der Waals surface area contributed by atoms with Gasteiger partial charge in [-0.2, -0.15) is 10.2 Å². The Labute approximate surface area is 208 Å². The van der Waals surface area contributed by atoms with Gasteiger partial charge >= 0.3 is 5.97 Å². The lowest BCUT2D eigenvalue weighted by atomic mass is 10.1. The zero-order valence-electron chi connectivity index (χ0n) is 18.5. The zero-order valence-corrected chi connectivity index (χ0v) is 21.7. The van der Waals surface area contributed by atoms with Crippen molar-refractivity contribution in [1.82, 2.24) is 15.2 Å². The van der Waals surface area contributed by atoms with E-state index in [1.165, 1.54) is 7.11 Å². The van der Waals surface area contributed by atoms with Gasteiger partial charge in [-0.1, -0.05) is 12.1 Å². The quantitative estimate of drug-likeness (QED) is 0.188. The van der Waals surface area contributed by atoms with Crippen molar-refractivity contribution in [3.63, 3.8) is 0 Å². The van der Waals surface area contributed by atoms with Crippen LogP contribution in [0.25, 0.3) is 0 Å². The molecule has 0 aliphatic carbocycles. The Morgan fingerprint density at radius 1 is 1.12 bits per heavy atom. The van der Waals surface area contributed by atoms with Crippen LogP contribution in [-0.2, 0) is 11.3 Å². The lowest BCUT2D eigenvalue weighted by Crippen LogP contribution is -2.25. The smallest absolute Gasteiger partial charge is 0.344 e. The molecule has 2 aromatic carbocycles. The molecule has 1 heterocycles. The van der Waals surface area contributed by atoms with Crippen LogP contribution in [-0.4, -0.2) is 34.5 Å². The lowest BCUT2D eigenvalue weighted by molar-refractivity contribution is -0.121. The van der Waals surface area contributed by atoms with E-state index in [1.54, 1.807) is 48.0 Å². The van der Waals surface area contributed by atoms with E-state index < -0.39 is 5.97 Å². The molecule has 1 N–H and O–H groups in total. The molecule has 1 aromatic heterocycles. The van der Waals surface area contributed by atoms with Crippen LogP contribution in [0.3, 0.4) is 0 Å². The summed E-state index contributed by atoms with van der Waals surface area (Å²) in [5.41, 5.74) is 5.87. The van der Waals surface area contributed by atoms with Gasteiger partial charge < -0.3 is 9.47 Å². The molecule has 8 nitrogen and oxygen atoms in total. The largest absolute Gasteiger partial charge is 0.493 e.